The molecule has 1 rings (SSSR count). The van der Waals surface area contributed by atoms with Crippen LogP contribution in [0.5, 0.6) is 0 Å². The van der Waals surface area contributed by atoms with Crippen LogP contribution in [0.2, 0.25) is 5.02 Å². The van der Waals surface area contributed by atoms with Gasteiger partial charge in [0.25, 0.3) is 0 Å². The van der Waals surface area contributed by atoms with E-state index in [4.69, 9.17) is 16.7 Å². The van der Waals surface area contributed by atoms with Gasteiger partial charge in [0, 0.05) is 22.5 Å². The molecule has 1 aromatic carbocycles. The maximum absolute atomic E-state index is 11.7. The summed E-state index contributed by atoms with van der Waals surface area (Å²) < 4.78 is 0.730. The number of benzene rings is 1. The molecule has 0 saturated heterocycles. The van der Waals surface area contributed by atoms with Crippen LogP contribution in [0.15, 0.2) is 16.6 Å². The highest BCUT2D eigenvalue weighted by Crippen LogP contribution is 2.29. The van der Waals surface area contributed by atoms with Crippen LogP contribution in [0, 0.1) is 12.8 Å². The maximum Gasteiger partial charge on any atom is 0.319 e. The molecule has 1 aromatic rings. The molecule has 1 atom stereocenters. The molecule has 1 unspecified atom stereocenters. The van der Waals surface area contributed by atoms with Gasteiger partial charge in [-0.1, -0.05) is 18.5 Å². The van der Waals surface area contributed by atoms with Crippen molar-refractivity contribution in [1.82, 2.24) is 5.32 Å². The summed E-state index contributed by atoms with van der Waals surface area (Å²) in [6.45, 7) is 3.91. The molecule has 7 heteroatoms. The number of hydrogen-bond acceptors (Lipinski definition) is 2. The fourth-order valence-corrected chi connectivity index (χ4v) is 2.27. The zero-order valence-electron chi connectivity index (χ0n) is 11.2. The molecule has 0 bridgehead atoms. The Hall–Kier alpha value is -1.27. The summed E-state index contributed by atoms with van der Waals surface area (Å²) in [7, 11) is 0. The van der Waals surface area contributed by atoms with Gasteiger partial charge in [0.2, 0.25) is 0 Å². The molecule has 0 fully saturated rings. The molecular weight excluding hydrogens is 348 g/mol. The van der Waals surface area contributed by atoms with Crippen LogP contribution in [0.4, 0.5) is 10.5 Å². The van der Waals surface area contributed by atoms with Crippen molar-refractivity contribution in [3.8, 4) is 0 Å². The monoisotopic (exact) mass is 362 g/mol. The number of carbonyl (C=O) groups is 2. The second kappa shape index (κ2) is 7.50. The highest BCUT2D eigenvalue weighted by molar-refractivity contribution is 9.10. The molecule has 0 radical (unpaired) electrons. The van der Waals surface area contributed by atoms with Crippen LogP contribution in [-0.4, -0.2) is 23.7 Å². The number of aryl methyl sites for hydroxylation is 1. The van der Waals surface area contributed by atoms with Crippen molar-refractivity contribution in [2.75, 3.05) is 11.9 Å². The van der Waals surface area contributed by atoms with Gasteiger partial charge in [0.15, 0.2) is 0 Å². The van der Waals surface area contributed by atoms with Gasteiger partial charge in [-0.05, 0) is 46.5 Å². The Kier molecular flexibility index (Phi) is 6.29. The largest absolute Gasteiger partial charge is 0.481 e. The Bertz CT molecular complexity index is 523. The van der Waals surface area contributed by atoms with Gasteiger partial charge < -0.3 is 15.7 Å². The van der Waals surface area contributed by atoms with Crippen LogP contribution >= 0.6 is 27.5 Å². The van der Waals surface area contributed by atoms with Crippen molar-refractivity contribution in [3.63, 3.8) is 0 Å². The predicted octanol–water partition coefficient (Wildman–Crippen LogP) is 3.64. The fourth-order valence-electron chi connectivity index (χ4n) is 1.55. The van der Waals surface area contributed by atoms with Crippen molar-refractivity contribution in [1.29, 1.82) is 0 Å². The number of nitrogens with one attached hydrogen (secondary N) is 2. The minimum atomic E-state index is -0.882. The van der Waals surface area contributed by atoms with E-state index in [9.17, 15) is 9.59 Å². The first-order chi connectivity index (χ1) is 9.29. The molecule has 0 aromatic heterocycles. The molecule has 3 N–H and O–H groups in total. The lowest BCUT2D eigenvalue weighted by molar-refractivity contribution is -0.137. The molecule has 5 nitrogen and oxygen atoms in total. The number of amides is 2. The van der Waals surface area contributed by atoms with E-state index in [1.54, 1.807) is 13.0 Å². The van der Waals surface area contributed by atoms with E-state index in [0.717, 1.165) is 10.0 Å². The van der Waals surface area contributed by atoms with Crippen molar-refractivity contribution < 1.29 is 14.7 Å². The summed E-state index contributed by atoms with van der Waals surface area (Å²) in [6.07, 6.45) is 0.0142. The summed E-state index contributed by atoms with van der Waals surface area (Å²) >= 11 is 9.34. The highest BCUT2D eigenvalue weighted by atomic mass is 79.9. The van der Waals surface area contributed by atoms with Gasteiger partial charge in [-0.3, -0.25) is 4.79 Å². The Morgan fingerprint density at radius 3 is 2.70 bits per heavy atom. The fraction of sp³-hybridized carbons (Fsp3) is 0.385. The number of urea groups is 1. The molecule has 0 aliphatic rings. The molecule has 0 aliphatic carbocycles. The number of carboxylic acid groups (broad SMARTS) is 1. The summed E-state index contributed by atoms with van der Waals surface area (Å²) in [6, 6.07) is 3.06. The highest BCUT2D eigenvalue weighted by Gasteiger charge is 2.11. The Morgan fingerprint density at radius 2 is 2.10 bits per heavy atom. The average Bonchev–Trinajstić information content (AvgIpc) is 2.32. The average molecular weight is 364 g/mol. The second-order valence-electron chi connectivity index (χ2n) is 4.62. The van der Waals surface area contributed by atoms with E-state index in [-0.39, 0.29) is 18.9 Å². The zero-order valence-corrected chi connectivity index (χ0v) is 13.5. The van der Waals surface area contributed by atoms with Crippen LogP contribution in [-0.2, 0) is 4.79 Å². The molecule has 110 valence electrons. The van der Waals surface area contributed by atoms with E-state index in [1.165, 1.54) is 0 Å². The normalized spacial score (nSPS) is 11.8. The van der Waals surface area contributed by atoms with Crippen LogP contribution in [0.1, 0.15) is 18.9 Å². The van der Waals surface area contributed by atoms with Crippen molar-refractivity contribution in [2.45, 2.75) is 20.3 Å². The number of aliphatic carboxylic acids is 1. The zero-order chi connectivity index (χ0) is 15.3. The van der Waals surface area contributed by atoms with Gasteiger partial charge >= 0.3 is 12.0 Å². The summed E-state index contributed by atoms with van der Waals surface area (Å²) in [5.41, 5.74) is 1.46. The maximum atomic E-state index is 11.7. The minimum Gasteiger partial charge on any atom is -0.481 e. The SMILES string of the molecule is Cc1cc(Br)c(NC(=O)NCC(C)CC(=O)O)cc1Cl. The lowest BCUT2D eigenvalue weighted by Crippen LogP contribution is -2.33. The third kappa shape index (κ3) is 5.38. The summed E-state index contributed by atoms with van der Waals surface area (Å²) in [4.78, 5) is 22.2. The number of carboxylic acids is 1. The molecule has 0 aliphatic heterocycles. The third-order valence-electron chi connectivity index (χ3n) is 2.63. The van der Waals surface area contributed by atoms with Crippen LogP contribution < -0.4 is 10.6 Å². The first-order valence-corrected chi connectivity index (χ1v) is 7.19. The lowest BCUT2D eigenvalue weighted by Gasteiger charge is -2.13. The van der Waals surface area contributed by atoms with Gasteiger partial charge in [-0.2, -0.15) is 0 Å². The van der Waals surface area contributed by atoms with Gasteiger partial charge in [-0.25, -0.2) is 4.79 Å². The van der Waals surface area contributed by atoms with Crippen molar-refractivity contribution in [2.24, 2.45) is 5.92 Å². The first kappa shape index (κ1) is 16.8. The van der Waals surface area contributed by atoms with Crippen LogP contribution in [0.3, 0.4) is 0 Å². The molecule has 0 saturated carbocycles. The van der Waals surface area contributed by atoms with Gasteiger partial charge in [-0.15, -0.1) is 0 Å². The van der Waals surface area contributed by atoms with E-state index in [2.05, 4.69) is 26.6 Å². The Morgan fingerprint density at radius 1 is 1.45 bits per heavy atom. The van der Waals surface area contributed by atoms with Gasteiger partial charge in [0.1, 0.15) is 0 Å². The molecule has 20 heavy (non-hydrogen) atoms. The standard InChI is InChI=1S/C13H16BrClN2O3/c1-7(3-12(18)19)6-16-13(20)17-11-5-10(15)8(2)4-9(11)14/h4-5,7H,3,6H2,1-2H3,(H,18,19)(H2,16,17,20). The molecule has 2 amide bonds. The lowest BCUT2D eigenvalue weighted by atomic mass is 10.1. The van der Waals surface area contributed by atoms with Crippen LogP contribution in [0.25, 0.3) is 0 Å². The number of carbonyl (C=O) groups excluding carboxylic acids is 1. The molecular formula is C13H16BrClN2O3. The predicted molar refractivity (Wildman–Crippen MR) is 82.3 cm³/mol. The molecule has 0 spiro atoms. The smallest absolute Gasteiger partial charge is 0.319 e. The van der Waals surface area contributed by atoms with E-state index >= 15 is 0 Å². The Balaban J connectivity index is 2.55. The van der Waals surface area contributed by atoms with Gasteiger partial charge in [0.05, 0.1) is 5.69 Å². The number of anilines is 1. The number of halogens is 2. The Labute approximate surface area is 130 Å². The van der Waals surface area contributed by atoms with Crippen molar-refractivity contribution >= 4 is 45.2 Å². The first-order valence-electron chi connectivity index (χ1n) is 6.02. The molecule has 0 heterocycles. The van der Waals surface area contributed by atoms with E-state index in [0.29, 0.717) is 10.7 Å². The van der Waals surface area contributed by atoms with E-state index in [1.807, 2.05) is 13.0 Å². The van der Waals surface area contributed by atoms with E-state index < -0.39 is 12.0 Å². The topological polar surface area (TPSA) is 78.4 Å². The number of hydrogen-bond donors (Lipinski definition) is 3. The summed E-state index contributed by atoms with van der Waals surface area (Å²) in [5.74, 6) is -1.02. The second-order valence-corrected chi connectivity index (χ2v) is 5.88. The third-order valence-corrected chi connectivity index (χ3v) is 3.69. The number of rotatable bonds is 5. The summed E-state index contributed by atoms with van der Waals surface area (Å²) in [5, 5.41) is 14.5. The quantitative estimate of drug-likeness (QED) is 0.747. The minimum absolute atomic E-state index is 0.0142. The van der Waals surface area contributed by atoms with Crippen molar-refractivity contribution in [3.05, 3.63) is 27.2 Å².